The summed E-state index contributed by atoms with van der Waals surface area (Å²) in [6, 6.07) is 15.1. The van der Waals surface area contributed by atoms with Gasteiger partial charge in [-0.1, -0.05) is 36.9 Å². The van der Waals surface area contributed by atoms with Crippen molar-refractivity contribution in [3.05, 3.63) is 72.3 Å². The fourth-order valence-electron chi connectivity index (χ4n) is 5.41. The number of rotatable bonds is 6. The average Bonchev–Trinajstić information content (AvgIpc) is 3.38. The largest absolute Gasteiger partial charge is 0.392 e. The molecule has 8 heteroatoms. The van der Waals surface area contributed by atoms with Crippen LogP contribution in [0.2, 0.25) is 0 Å². The number of β-amino-alcohol motifs (C(OH)–C–C–N with tert-alkyl or cyclic N) is 1. The predicted octanol–water partition coefficient (Wildman–Crippen LogP) is 3.59. The summed E-state index contributed by atoms with van der Waals surface area (Å²) in [5.41, 5.74) is 3.44. The van der Waals surface area contributed by atoms with Crippen LogP contribution in [0.15, 0.2) is 61.2 Å². The molecule has 2 aromatic carbocycles. The Morgan fingerprint density at radius 2 is 1.89 bits per heavy atom. The Morgan fingerprint density at radius 1 is 1.06 bits per heavy atom. The van der Waals surface area contributed by atoms with Crippen LogP contribution in [0.3, 0.4) is 0 Å². The molecule has 2 aliphatic heterocycles. The van der Waals surface area contributed by atoms with Crippen LogP contribution >= 0.6 is 0 Å². The van der Waals surface area contributed by atoms with E-state index in [1.807, 2.05) is 35.2 Å². The second-order valence-corrected chi connectivity index (χ2v) is 9.73. The number of aliphatic hydroxyl groups is 1. The van der Waals surface area contributed by atoms with Crippen LogP contribution in [-0.2, 0) is 11.3 Å². The molecule has 0 spiro atoms. The smallest absolute Gasteiger partial charge is 0.257 e. The van der Waals surface area contributed by atoms with Gasteiger partial charge in [-0.2, -0.15) is 0 Å². The van der Waals surface area contributed by atoms with Crippen molar-refractivity contribution in [1.82, 2.24) is 19.4 Å². The molecular weight excluding hydrogens is 454 g/mol. The Balaban J connectivity index is 1.57. The molecule has 8 nitrogen and oxygen atoms in total. The van der Waals surface area contributed by atoms with E-state index in [-0.39, 0.29) is 24.0 Å². The fourth-order valence-corrected chi connectivity index (χ4v) is 5.41. The van der Waals surface area contributed by atoms with Crippen molar-refractivity contribution >= 4 is 28.8 Å². The van der Waals surface area contributed by atoms with E-state index in [9.17, 15) is 14.7 Å². The quantitative estimate of drug-likeness (QED) is 0.519. The third-order valence-electron chi connectivity index (χ3n) is 7.19. The van der Waals surface area contributed by atoms with Crippen molar-refractivity contribution in [2.45, 2.75) is 44.4 Å². The van der Waals surface area contributed by atoms with E-state index in [2.05, 4.69) is 27.4 Å². The standard InChI is InChI=1S/C28H33N5O3/c1-2-25(35)32-15-7-6-12-22(18-32)33-26-21(17-31-16-14-23(34)19-31)11-8-13-24(26)29-28(33)30-27(36)20-9-4-3-5-10-20/h2-5,8-11,13,22-23,34H,1,6-7,12,14-19H2,(H,29,30,36)/t22-,23?/m1/s1. The zero-order valence-electron chi connectivity index (χ0n) is 20.5. The molecule has 1 aromatic heterocycles. The molecular formula is C28H33N5O3. The second-order valence-electron chi connectivity index (χ2n) is 9.73. The van der Waals surface area contributed by atoms with Gasteiger partial charge in [0.2, 0.25) is 11.9 Å². The third kappa shape index (κ3) is 5.05. The van der Waals surface area contributed by atoms with Gasteiger partial charge in [0.25, 0.3) is 5.91 Å². The first kappa shape index (κ1) is 24.2. The third-order valence-corrected chi connectivity index (χ3v) is 7.19. The summed E-state index contributed by atoms with van der Waals surface area (Å²) in [5.74, 6) is 0.196. The van der Waals surface area contributed by atoms with Crippen molar-refractivity contribution in [2.75, 3.05) is 31.5 Å². The maximum Gasteiger partial charge on any atom is 0.257 e. The Bertz CT molecular complexity index is 1250. The van der Waals surface area contributed by atoms with E-state index in [0.29, 0.717) is 37.7 Å². The minimum atomic E-state index is -0.296. The fraction of sp³-hybridized carbons (Fsp3) is 0.393. The Labute approximate surface area is 211 Å². The van der Waals surface area contributed by atoms with Gasteiger partial charge in [0.1, 0.15) is 0 Å². The van der Waals surface area contributed by atoms with Crippen LogP contribution in [0.5, 0.6) is 0 Å². The lowest BCUT2D eigenvalue weighted by molar-refractivity contribution is -0.126. The van der Waals surface area contributed by atoms with E-state index in [4.69, 9.17) is 4.98 Å². The van der Waals surface area contributed by atoms with Crippen LogP contribution < -0.4 is 5.32 Å². The number of aromatic nitrogens is 2. The number of hydrogen-bond donors (Lipinski definition) is 2. The molecule has 3 aromatic rings. The van der Waals surface area contributed by atoms with Gasteiger partial charge in [0.15, 0.2) is 0 Å². The number of nitrogens with one attached hydrogen (secondary N) is 1. The van der Waals surface area contributed by atoms with Crippen molar-refractivity contribution in [3.63, 3.8) is 0 Å². The van der Waals surface area contributed by atoms with Gasteiger partial charge in [-0.15, -0.1) is 0 Å². The van der Waals surface area contributed by atoms with Crippen molar-refractivity contribution < 1.29 is 14.7 Å². The topological polar surface area (TPSA) is 90.7 Å². The minimum Gasteiger partial charge on any atom is -0.392 e. The Hall–Kier alpha value is -3.49. The van der Waals surface area contributed by atoms with Crippen molar-refractivity contribution in [2.24, 2.45) is 0 Å². The molecule has 0 radical (unpaired) electrons. The first-order valence-electron chi connectivity index (χ1n) is 12.7. The lowest BCUT2D eigenvalue weighted by Crippen LogP contribution is -2.34. The monoisotopic (exact) mass is 487 g/mol. The number of para-hydroxylation sites is 1. The first-order chi connectivity index (χ1) is 17.5. The number of nitrogens with zero attached hydrogens (tertiary/aromatic N) is 4. The first-order valence-corrected chi connectivity index (χ1v) is 12.7. The van der Waals surface area contributed by atoms with Gasteiger partial charge < -0.3 is 14.6 Å². The number of aliphatic hydroxyl groups excluding tert-OH is 1. The summed E-state index contributed by atoms with van der Waals surface area (Å²) in [6.45, 7) is 7.08. The molecule has 3 heterocycles. The van der Waals surface area contributed by atoms with Crippen molar-refractivity contribution in [1.29, 1.82) is 0 Å². The maximum atomic E-state index is 13.1. The van der Waals surface area contributed by atoms with Crippen LogP contribution in [-0.4, -0.2) is 68.6 Å². The number of carbonyl (C=O) groups excluding carboxylic acids is 2. The summed E-state index contributed by atoms with van der Waals surface area (Å²) in [4.78, 5) is 34.7. The molecule has 2 saturated heterocycles. The molecule has 2 fully saturated rings. The molecule has 5 rings (SSSR count). The zero-order valence-corrected chi connectivity index (χ0v) is 20.5. The maximum absolute atomic E-state index is 13.1. The number of benzene rings is 2. The highest BCUT2D eigenvalue weighted by Crippen LogP contribution is 2.33. The average molecular weight is 488 g/mol. The molecule has 0 aliphatic carbocycles. The van der Waals surface area contributed by atoms with E-state index in [1.54, 1.807) is 12.1 Å². The number of amides is 2. The van der Waals surface area contributed by atoms with Crippen LogP contribution in [0.4, 0.5) is 5.95 Å². The predicted molar refractivity (Wildman–Crippen MR) is 140 cm³/mol. The van der Waals surface area contributed by atoms with Gasteiger partial charge in [0, 0.05) is 38.3 Å². The molecule has 1 unspecified atom stereocenters. The highest BCUT2D eigenvalue weighted by Gasteiger charge is 2.28. The summed E-state index contributed by atoms with van der Waals surface area (Å²) >= 11 is 0. The highest BCUT2D eigenvalue weighted by atomic mass is 16.3. The van der Waals surface area contributed by atoms with Crippen molar-refractivity contribution in [3.8, 4) is 0 Å². The number of hydrogen-bond acceptors (Lipinski definition) is 5. The summed E-state index contributed by atoms with van der Waals surface area (Å²) in [6.07, 6.45) is 4.61. The summed E-state index contributed by atoms with van der Waals surface area (Å²) < 4.78 is 2.13. The van der Waals surface area contributed by atoms with Gasteiger partial charge in [-0.25, -0.2) is 4.98 Å². The van der Waals surface area contributed by atoms with Crippen LogP contribution in [0.1, 0.15) is 47.6 Å². The lowest BCUT2D eigenvalue weighted by atomic mass is 10.1. The summed E-state index contributed by atoms with van der Waals surface area (Å²) in [7, 11) is 0. The molecule has 2 aliphatic rings. The minimum absolute atomic E-state index is 0.0437. The molecule has 0 bridgehead atoms. The molecule has 2 atom stereocenters. The number of imidazole rings is 1. The van der Waals surface area contributed by atoms with E-state index in [0.717, 1.165) is 48.8 Å². The lowest BCUT2D eigenvalue weighted by Gasteiger charge is -2.27. The highest BCUT2D eigenvalue weighted by molar-refractivity contribution is 6.04. The van der Waals surface area contributed by atoms with Gasteiger partial charge in [-0.3, -0.25) is 19.8 Å². The van der Waals surface area contributed by atoms with E-state index in [1.165, 1.54) is 6.08 Å². The summed E-state index contributed by atoms with van der Waals surface area (Å²) in [5, 5.41) is 13.1. The molecule has 36 heavy (non-hydrogen) atoms. The number of carbonyl (C=O) groups is 2. The number of likely N-dealkylation sites (tertiary alicyclic amines) is 2. The Kier molecular flexibility index (Phi) is 7.16. The van der Waals surface area contributed by atoms with E-state index >= 15 is 0 Å². The normalized spacial score (nSPS) is 20.9. The molecule has 188 valence electrons. The SMILES string of the molecule is C=CC(=O)N1CCCC[C@@H](n2c(NC(=O)c3ccccc3)nc3cccc(CN4CCC(O)C4)c32)C1. The van der Waals surface area contributed by atoms with E-state index < -0.39 is 0 Å². The van der Waals surface area contributed by atoms with Gasteiger partial charge in [-0.05, 0) is 55.5 Å². The zero-order chi connectivity index (χ0) is 25.1. The number of fused-ring (bicyclic) bond motifs is 1. The van der Waals surface area contributed by atoms with Crippen LogP contribution in [0.25, 0.3) is 11.0 Å². The number of anilines is 1. The van der Waals surface area contributed by atoms with Crippen LogP contribution in [0, 0.1) is 0 Å². The van der Waals surface area contributed by atoms with Gasteiger partial charge >= 0.3 is 0 Å². The molecule has 2 N–H and O–H groups in total. The second kappa shape index (κ2) is 10.6. The Morgan fingerprint density at radius 3 is 2.64 bits per heavy atom. The molecule has 0 saturated carbocycles. The molecule has 2 amide bonds. The van der Waals surface area contributed by atoms with Gasteiger partial charge in [0.05, 0.1) is 23.2 Å².